The summed E-state index contributed by atoms with van der Waals surface area (Å²) >= 11 is 0. The number of hydrogen-bond donors (Lipinski definition) is 1. The number of benzene rings is 1. The summed E-state index contributed by atoms with van der Waals surface area (Å²) in [6.07, 6.45) is 7.46. The van der Waals surface area contributed by atoms with E-state index in [0.29, 0.717) is 0 Å². The quantitative estimate of drug-likeness (QED) is 0.822. The van der Waals surface area contributed by atoms with Gasteiger partial charge in [0.1, 0.15) is 5.75 Å². The third-order valence-corrected chi connectivity index (χ3v) is 5.76. The second kappa shape index (κ2) is 9.56. The zero-order valence-corrected chi connectivity index (χ0v) is 15.7. The second-order valence-electron chi connectivity index (χ2n) is 7.70. The molecule has 25 heavy (non-hydrogen) atoms. The molecule has 0 aromatic heterocycles. The third-order valence-electron chi connectivity index (χ3n) is 5.76. The van der Waals surface area contributed by atoms with Gasteiger partial charge < -0.3 is 19.6 Å². The molecule has 0 aliphatic carbocycles. The standard InChI is InChI=1S/C21H34N2O2/c1-25-20-10-8-9-18(15-20)21(24)19(16-22-11-4-2-5-12-22)17-23-13-6-3-7-14-23/h8-10,15,19,21,24H,2-7,11-14,16-17H2,1H3/t21-/m0/s1. The van der Waals surface area contributed by atoms with Crippen molar-refractivity contribution >= 4 is 0 Å². The van der Waals surface area contributed by atoms with E-state index < -0.39 is 6.10 Å². The Kier molecular flexibility index (Phi) is 7.14. The number of rotatable bonds is 7. The molecule has 0 radical (unpaired) electrons. The molecule has 0 bridgehead atoms. The molecule has 2 aliphatic rings. The van der Waals surface area contributed by atoms with Crippen LogP contribution in [0, 0.1) is 5.92 Å². The molecule has 4 heteroatoms. The Balaban J connectivity index is 1.70. The predicted octanol–water partition coefficient (Wildman–Crippen LogP) is 3.32. The van der Waals surface area contributed by atoms with Gasteiger partial charge >= 0.3 is 0 Å². The fraction of sp³-hybridized carbons (Fsp3) is 0.714. The highest BCUT2D eigenvalue weighted by atomic mass is 16.5. The van der Waals surface area contributed by atoms with Crippen LogP contribution < -0.4 is 4.74 Å². The SMILES string of the molecule is COc1cccc([C@H](O)C(CN2CCCCC2)CN2CCCCC2)c1. The van der Waals surface area contributed by atoms with Crippen LogP contribution in [0.4, 0.5) is 0 Å². The maximum absolute atomic E-state index is 11.2. The molecule has 2 aliphatic heterocycles. The molecule has 0 spiro atoms. The van der Waals surface area contributed by atoms with Crippen molar-refractivity contribution in [2.24, 2.45) is 5.92 Å². The maximum atomic E-state index is 11.2. The first-order valence-corrected chi connectivity index (χ1v) is 10.0. The number of nitrogens with zero attached hydrogens (tertiary/aromatic N) is 2. The minimum absolute atomic E-state index is 0.253. The summed E-state index contributed by atoms with van der Waals surface area (Å²) in [5.74, 6) is 1.08. The minimum Gasteiger partial charge on any atom is -0.497 e. The smallest absolute Gasteiger partial charge is 0.119 e. The van der Waals surface area contributed by atoms with E-state index in [1.807, 2.05) is 24.3 Å². The summed E-state index contributed by atoms with van der Waals surface area (Å²) in [7, 11) is 1.68. The lowest BCUT2D eigenvalue weighted by atomic mass is 9.93. The Morgan fingerprint density at radius 1 is 0.920 bits per heavy atom. The van der Waals surface area contributed by atoms with Crippen molar-refractivity contribution in [3.05, 3.63) is 29.8 Å². The van der Waals surface area contributed by atoms with E-state index in [1.54, 1.807) is 7.11 Å². The Morgan fingerprint density at radius 3 is 2.00 bits per heavy atom. The average Bonchev–Trinajstić information content (AvgIpc) is 2.68. The Hall–Kier alpha value is -1.10. The van der Waals surface area contributed by atoms with Crippen molar-refractivity contribution < 1.29 is 9.84 Å². The zero-order valence-electron chi connectivity index (χ0n) is 15.7. The minimum atomic E-state index is -0.432. The molecule has 1 aromatic carbocycles. The Bertz CT molecular complexity index is 490. The molecule has 0 amide bonds. The lowest BCUT2D eigenvalue weighted by Crippen LogP contribution is -2.42. The zero-order chi connectivity index (χ0) is 17.5. The van der Waals surface area contributed by atoms with Crippen LogP contribution >= 0.6 is 0 Å². The molecule has 0 saturated carbocycles. The number of hydrogen-bond acceptors (Lipinski definition) is 4. The third kappa shape index (κ3) is 5.44. The van der Waals surface area contributed by atoms with Gasteiger partial charge in [-0.1, -0.05) is 25.0 Å². The molecule has 4 nitrogen and oxygen atoms in total. The van der Waals surface area contributed by atoms with Crippen molar-refractivity contribution in [1.82, 2.24) is 9.80 Å². The monoisotopic (exact) mass is 346 g/mol. The molecule has 2 heterocycles. The first-order valence-electron chi connectivity index (χ1n) is 10.0. The molecule has 0 unspecified atom stereocenters. The van der Waals surface area contributed by atoms with E-state index in [0.717, 1.165) is 24.4 Å². The molecule has 140 valence electrons. The highest BCUT2D eigenvalue weighted by Gasteiger charge is 2.27. The fourth-order valence-corrected chi connectivity index (χ4v) is 4.30. The normalized spacial score (nSPS) is 21.4. The van der Waals surface area contributed by atoms with E-state index >= 15 is 0 Å². The highest BCUT2D eigenvalue weighted by Crippen LogP contribution is 2.28. The van der Waals surface area contributed by atoms with Crippen LogP contribution in [-0.4, -0.2) is 61.3 Å². The van der Waals surface area contributed by atoms with E-state index in [-0.39, 0.29) is 5.92 Å². The van der Waals surface area contributed by atoms with Crippen LogP contribution in [-0.2, 0) is 0 Å². The van der Waals surface area contributed by atoms with Gasteiger partial charge in [-0.15, -0.1) is 0 Å². The first-order chi connectivity index (χ1) is 12.3. The molecule has 1 atom stereocenters. The molecule has 2 fully saturated rings. The van der Waals surface area contributed by atoms with Crippen LogP contribution in [0.3, 0.4) is 0 Å². The van der Waals surface area contributed by atoms with Crippen molar-refractivity contribution in [3.8, 4) is 5.75 Å². The van der Waals surface area contributed by atoms with Gasteiger partial charge in [0.25, 0.3) is 0 Å². The fourth-order valence-electron chi connectivity index (χ4n) is 4.30. The lowest BCUT2D eigenvalue weighted by Gasteiger charge is -2.36. The number of aliphatic hydroxyl groups excluding tert-OH is 1. The largest absolute Gasteiger partial charge is 0.497 e. The van der Waals surface area contributed by atoms with Gasteiger partial charge in [-0.2, -0.15) is 0 Å². The summed E-state index contributed by atoms with van der Waals surface area (Å²) in [4.78, 5) is 5.11. The van der Waals surface area contributed by atoms with Gasteiger partial charge in [0.15, 0.2) is 0 Å². The molecular formula is C21H34N2O2. The molecule has 1 aromatic rings. The van der Waals surface area contributed by atoms with Crippen LogP contribution in [0.15, 0.2) is 24.3 Å². The summed E-state index contributed by atoms with van der Waals surface area (Å²) < 4.78 is 5.35. The molecule has 2 saturated heterocycles. The van der Waals surface area contributed by atoms with Crippen LogP contribution in [0.25, 0.3) is 0 Å². The van der Waals surface area contributed by atoms with Crippen molar-refractivity contribution in [1.29, 1.82) is 0 Å². The summed E-state index contributed by atoms with van der Waals surface area (Å²) in [6, 6.07) is 7.95. The maximum Gasteiger partial charge on any atom is 0.119 e. The van der Waals surface area contributed by atoms with Gasteiger partial charge in [-0.05, 0) is 69.6 Å². The number of likely N-dealkylation sites (tertiary alicyclic amines) is 2. The summed E-state index contributed by atoms with van der Waals surface area (Å²) in [5.41, 5.74) is 0.985. The molecule has 3 rings (SSSR count). The molecular weight excluding hydrogens is 312 g/mol. The van der Waals surface area contributed by atoms with E-state index in [1.165, 1.54) is 64.7 Å². The average molecular weight is 347 g/mol. The van der Waals surface area contributed by atoms with E-state index in [4.69, 9.17) is 4.74 Å². The Labute approximate surface area is 152 Å². The topological polar surface area (TPSA) is 35.9 Å². The van der Waals surface area contributed by atoms with Crippen LogP contribution in [0.1, 0.15) is 50.2 Å². The summed E-state index contributed by atoms with van der Waals surface area (Å²) in [6.45, 7) is 6.72. The number of methoxy groups -OCH3 is 1. The van der Waals surface area contributed by atoms with Gasteiger partial charge in [0.05, 0.1) is 13.2 Å². The first kappa shape index (κ1) is 18.7. The van der Waals surface area contributed by atoms with Gasteiger partial charge in [-0.3, -0.25) is 0 Å². The number of piperidine rings is 2. The van der Waals surface area contributed by atoms with Crippen molar-refractivity contribution in [2.45, 2.75) is 44.6 Å². The van der Waals surface area contributed by atoms with Gasteiger partial charge in [0.2, 0.25) is 0 Å². The van der Waals surface area contributed by atoms with Crippen LogP contribution in [0.5, 0.6) is 5.75 Å². The van der Waals surface area contributed by atoms with Gasteiger partial charge in [0, 0.05) is 19.0 Å². The summed E-state index contributed by atoms with van der Waals surface area (Å²) in [5, 5.41) is 11.2. The second-order valence-corrected chi connectivity index (χ2v) is 7.70. The predicted molar refractivity (Wildman–Crippen MR) is 102 cm³/mol. The van der Waals surface area contributed by atoms with Gasteiger partial charge in [-0.25, -0.2) is 0 Å². The lowest BCUT2D eigenvalue weighted by molar-refractivity contribution is 0.0443. The van der Waals surface area contributed by atoms with Crippen molar-refractivity contribution in [2.75, 3.05) is 46.4 Å². The number of aliphatic hydroxyl groups is 1. The van der Waals surface area contributed by atoms with Crippen molar-refractivity contribution in [3.63, 3.8) is 0 Å². The Morgan fingerprint density at radius 2 is 1.48 bits per heavy atom. The highest BCUT2D eigenvalue weighted by molar-refractivity contribution is 5.30. The number of ether oxygens (including phenoxy) is 1. The molecule has 1 N–H and O–H groups in total. The van der Waals surface area contributed by atoms with E-state index in [9.17, 15) is 5.11 Å². The van der Waals surface area contributed by atoms with Crippen LogP contribution in [0.2, 0.25) is 0 Å². The van der Waals surface area contributed by atoms with E-state index in [2.05, 4.69) is 9.80 Å².